The highest BCUT2D eigenvalue weighted by Crippen LogP contribution is 2.25. The Morgan fingerprint density at radius 2 is 1.80 bits per heavy atom. The summed E-state index contributed by atoms with van der Waals surface area (Å²) in [6.07, 6.45) is -1.50. The molecule has 1 fully saturated rings. The number of hydrogen-bond donors (Lipinski definition) is 0. The molecule has 0 radical (unpaired) electrons. The van der Waals surface area contributed by atoms with E-state index in [0.29, 0.717) is 18.8 Å². The summed E-state index contributed by atoms with van der Waals surface area (Å²) in [5, 5.41) is 0. The van der Waals surface area contributed by atoms with E-state index in [4.69, 9.17) is 9.15 Å². The number of carbonyl (C=O) groups is 1. The van der Waals surface area contributed by atoms with Gasteiger partial charge in [-0.1, -0.05) is 0 Å². The highest BCUT2D eigenvalue weighted by molar-refractivity contribution is 5.92. The topological polar surface area (TPSA) is 64.8 Å². The van der Waals surface area contributed by atoms with Gasteiger partial charge >= 0.3 is 6.36 Å². The number of rotatable bonds is 5. The van der Waals surface area contributed by atoms with Crippen molar-refractivity contribution < 1.29 is 31.9 Å². The lowest BCUT2D eigenvalue weighted by Crippen LogP contribution is -2.27. The molecule has 0 unspecified atom stereocenters. The molecule has 1 amide bonds. The van der Waals surface area contributed by atoms with E-state index in [-0.39, 0.29) is 29.8 Å². The van der Waals surface area contributed by atoms with Gasteiger partial charge in [0.25, 0.3) is 5.91 Å². The molecule has 1 aliphatic rings. The molecular formula is C16H15F3N2O4. The molecule has 6 nitrogen and oxygen atoms in total. The van der Waals surface area contributed by atoms with Crippen LogP contribution in [0.1, 0.15) is 29.2 Å². The van der Waals surface area contributed by atoms with E-state index in [1.807, 2.05) is 0 Å². The molecule has 2 heterocycles. The van der Waals surface area contributed by atoms with Gasteiger partial charge in [0, 0.05) is 13.1 Å². The van der Waals surface area contributed by atoms with Crippen LogP contribution in [0.3, 0.4) is 0 Å². The lowest BCUT2D eigenvalue weighted by atomic mass is 10.3. The van der Waals surface area contributed by atoms with Gasteiger partial charge in [-0.25, -0.2) is 4.98 Å². The predicted molar refractivity (Wildman–Crippen MR) is 79.1 cm³/mol. The third-order valence-electron chi connectivity index (χ3n) is 3.58. The van der Waals surface area contributed by atoms with Crippen molar-refractivity contribution in [2.45, 2.75) is 25.8 Å². The third kappa shape index (κ3) is 4.65. The quantitative estimate of drug-likeness (QED) is 0.822. The number of aromatic nitrogens is 1. The summed E-state index contributed by atoms with van der Waals surface area (Å²) in [4.78, 5) is 17.9. The molecular weight excluding hydrogens is 341 g/mol. The Morgan fingerprint density at radius 1 is 1.16 bits per heavy atom. The SMILES string of the molecule is O=C(c1coc(COc2ccc(OC(F)(F)F)cc2)n1)N1CCCC1. The third-order valence-corrected chi connectivity index (χ3v) is 3.58. The van der Waals surface area contributed by atoms with Crippen LogP contribution >= 0.6 is 0 Å². The minimum atomic E-state index is -4.74. The van der Waals surface area contributed by atoms with E-state index < -0.39 is 6.36 Å². The Labute approximate surface area is 141 Å². The minimum Gasteiger partial charge on any atom is -0.484 e. The standard InChI is InChI=1S/C16H15F3N2O4/c17-16(18,19)25-12-5-3-11(4-6-12)23-10-14-20-13(9-24-14)15(22)21-7-1-2-8-21/h3-6,9H,1-2,7-8,10H2. The number of oxazole rings is 1. The molecule has 9 heteroatoms. The largest absolute Gasteiger partial charge is 0.573 e. The van der Waals surface area contributed by atoms with Crippen LogP contribution in [-0.2, 0) is 6.61 Å². The molecule has 1 aliphatic heterocycles. The van der Waals surface area contributed by atoms with Gasteiger partial charge in [-0.3, -0.25) is 4.79 Å². The zero-order valence-electron chi connectivity index (χ0n) is 13.1. The Hall–Kier alpha value is -2.71. The summed E-state index contributed by atoms with van der Waals surface area (Å²) in [6.45, 7) is 1.38. The van der Waals surface area contributed by atoms with E-state index >= 15 is 0 Å². The van der Waals surface area contributed by atoms with Gasteiger partial charge in [-0.2, -0.15) is 0 Å². The molecule has 1 saturated heterocycles. The minimum absolute atomic E-state index is 0.0489. The second kappa shape index (κ2) is 7.04. The van der Waals surface area contributed by atoms with Crippen molar-refractivity contribution in [1.82, 2.24) is 9.88 Å². The first-order valence-electron chi connectivity index (χ1n) is 7.63. The van der Waals surface area contributed by atoms with Gasteiger partial charge in [-0.05, 0) is 37.1 Å². The normalized spacial score (nSPS) is 14.6. The second-order valence-electron chi connectivity index (χ2n) is 5.43. The van der Waals surface area contributed by atoms with Crippen LogP contribution in [0.4, 0.5) is 13.2 Å². The molecule has 1 aromatic heterocycles. The number of benzene rings is 1. The van der Waals surface area contributed by atoms with E-state index in [1.165, 1.54) is 18.4 Å². The summed E-state index contributed by atoms with van der Waals surface area (Å²) < 4.78 is 50.6. The Balaban J connectivity index is 1.54. The number of hydrogen-bond acceptors (Lipinski definition) is 5. The van der Waals surface area contributed by atoms with E-state index in [9.17, 15) is 18.0 Å². The molecule has 0 atom stereocenters. The average molecular weight is 356 g/mol. The van der Waals surface area contributed by atoms with E-state index in [1.54, 1.807) is 4.90 Å². The molecule has 0 saturated carbocycles. The van der Waals surface area contributed by atoms with Crippen LogP contribution in [0.5, 0.6) is 11.5 Å². The maximum Gasteiger partial charge on any atom is 0.573 e. The highest BCUT2D eigenvalue weighted by atomic mass is 19.4. The predicted octanol–water partition coefficient (Wildman–Crippen LogP) is 3.39. The molecule has 134 valence electrons. The van der Waals surface area contributed by atoms with Crippen molar-refractivity contribution in [3.8, 4) is 11.5 Å². The van der Waals surface area contributed by atoms with Gasteiger partial charge in [0.05, 0.1) is 0 Å². The molecule has 0 spiro atoms. The molecule has 0 N–H and O–H groups in total. The van der Waals surface area contributed by atoms with Crippen LogP contribution in [0.2, 0.25) is 0 Å². The van der Waals surface area contributed by atoms with Crippen molar-refractivity contribution in [2.24, 2.45) is 0 Å². The van der Waals surface area contributed by atoms with E-state index in [0.717, 1.165) is 25.0 Å². The maximum absolute atomic E-state index is 12.1. The highest BCUT2D eigenvalue weighted by Gasteiger charge is 2.31. The van der Waals surface area contributed by atoms with Crippen molar-refractivity contribution in [2.75, 3.05) is 13.1 Å². The first kappa shape index (κ1) is 17.1. The number of amides is 1. The van der Waals surface area contributed by atoms with Gasteiger partial charge in [0.1, 0.15) is 17.8 Å². The zero-order chi connectivity index (χ0) is 17.9. The van der Waals surface area contributed by atoms with Crippen LogP contribution in [0.15, 0.2) is 34.9 Å². The smallest absolute Gasteiger partial charge is 0.484 e. The summed E-state index contributed by atoms with van der Waals surface area (Å²) in [5.41, 5.74) is 0.217. The first-order valence-corrected chi connectivity index (χ1v) is 7.63. The fourth-order valence-corrected chi connectivity index (χ4v) is 2.44. The molecule has 2 aromatic rings. The van der Waals surface area contributed by atoms with E-state index in [2.05, 4.69) is 9.72 Å². The lowest BCUT2D eigenvalue weighted by molar-refractivity contribution is -0.274. The van der Waals surface area contributed by atoms with Crippen molar-refractivity contribution in [3.63, 3.8) is 0 Å². The Bertz CT molecular complexity index is 722. The van der Waals surface area contributed by atoms with Crippen molar-refractivity contribution in [3.05, 3.63) is 42.1 Å². The molecule has 3 rings (SSSR count). The molecule has 1 aromatic carbocycles. The van der Waals surface area contributed by atoms with Gasteiger partial charge < -0.3 is 18.8 Å². The number of alkyl halides is 3. The molecule has 0 aliphatic carbocycles. The number of ether oxygens (including phenoxy) is 2. The first-order chi connectivity index (χ1) is 11.9. The molecule has 0 bridgehead atoms. The summed E-state index contributed by atoms with van der Waals surface area (Å²) in [7, 11) is 0. The Morgan fingerprint density at radius 3 is 2.44 bits per heavy atom. The van der Waals surface area contributed by atoms with Gasteiger partial charge in [-0.15, -0.1) is 13.2 Å². The van der Waals surface area contributed by atoms with Crippen LogP contribution < -0.4 is 9.47 Å². The second-order valence-corrected chi connectivity index (χ2v) is 5.43. The summed E-state index contributed by atoms with van der Waals surface area (Å²) in [6, 6.07) is 4.95. The zero-order valence-corrected chi connectivity index (χ0v) is 13.1. The van der Waals surface area contributed by atoms with Crippen LogP contribution in [-0.4, -0.2) is 35.2 Å². The fraction of sp³-hybridized carbons (Fsp3) is 0.375. The van der Waals surface area contributed by atoms with Gasteiger partial charge in [0.15, 0.2) is 12.3 Å². The number of carbonyl (C=O) groups excluding carboxylic acids is 1. The van der Waals surface area contributed by atoms with Gasteiger partial charge in [0.2, 0.25) is 5.89 Å². The number of nitrogens with zero attached hydrogens (tertiary/aromatic N) is 2. The fourth-order valence-electron chi connectivity index (χ4n) is 2.44. The lowest BCUT2D eigenvalue weighted by Gasteiger charge is -2.12. The number of likely N-dealkylation sites (tertiary alicyclic amines) is 1. The Kier molecular flexibility index (Phi) is 4.82. The summed E-state index contributed by atoms with van der Waals surface area (Å²) >= 11 is 0. The van der Waals surface area contributed by atoms with Crippen molar-refractivity contribution >= 4 is 5.91 Å². The monoisotopic (exact) mass is 356 g/mol. The van der Waals surface area contributed by atoms with Crippen LogP contribution in [0.25, 0.3) is 0 Å². The van der Waals surface area contributed by atoms with Crippen molar-refractivity contribution in [1.29, 1.82) is 0 Å². The summed E-state index contributed by atoms with van der Waals surface area (Å²) in [5.74, 6) is 0.00827. The van der Waals surface area contributed by atoms with Crippen LogP contribution in [0, 0.1) is 0 Å². The molecule has 25 heavy (non-hydrogen) atoms. The number of halogens is 3. The average Bonchev–Trinajstić information content (AvgIpc) is 3.24. The maximum atomic E-state index is 12.1.